The van der Waals surface area contributed by atoms with E-state index in [1.54, 1.807) is 24.3 Å². The van der Waals surface area contributed by atoms with E-state index in [0.29, 0.717) is 10.6 Å². The summed E-state index contributed by atoms with van der Waals surface area (Å²) >= 11 is 5.97. The molecule has 0 saturated carbocycles. The maximum atomic E-state index is 11.9. The summed E-state index contributed by atoms with van der Waals surface area (Å²) in [5, 5.41) is 9.00. The number of sulfonamides is 1. The van der Waals surface area contributed by atoms with Crippen molar-refractivity contribution in [3.8, 4) is 0 Å². The smallest absolute Gasteiger partial charge is 0.303 e. The average molecular weight is 306 g/mol. The van der Waals surface area contributed by atoms with Crippen LogP contribution >= 0.6 is 11.6 Å². The van der Waals surface area contributed by atoms with Crippen molar-refractivity contribution in [1.82, 2.24) is 4.31 Å². The van der Waals surface area contributed by atoms with Gasteiger partial charge in [0, 0.05) is 25.0 Å². The van der Waals surface area contributed by atoms with Gasteiger partial charge in [-0.3, -0.25) is 4.79 Å². The van der Waals surface area contributed by atoms with Crippen LogP contribution in [0.5, 0.6) is 0 Å². The van der Waals surface area contributed by atoms with Crippen LogP contribution in [0.2, 0.25) is 5.02 Å². The third-order valence-corrected chi connectivity index (χ3v) is 4.87. The fourth-order valence-electron chi connectivity index (χ4n) is 1.53. The molecule has 0 spiro atoms. The molecule has 1 rings (SSSR count). The molecule has 1 aromatic rings. The predicted molar refractivity (Wildman–Crippen MR) is 73.6 cm³/mol. The van der Waals surface area contributed by atoms with Gasteiger partial charge in [0.25, 0.3) is 0 Å². The lowest BCUT2D eigenvalue weighted by Gasteiger charge is -2.17. The van der Waals surface area contributed by atoms with Crippen LogP contribution < -0.4 is 0 Å². The highest BCUT2D eigenvalue weighted by molar-refractivity contribution is 7.89. The van der Waals surface area contributed by atoms with Crippen LogP contribution in [0.4, 0.5) is 0 Å². The molecule has 106 valence electrons. The molecule has 0 aromatic heterocycles. The van der Waals surface area contributed by atoms with E-state index in [1.165, 1.54) is 11.4 Å². The maximum Gasteiger partial charge on any atom is 0.303 e. The monoisotopic (exact) mass is 305 g/mol. The van der Waals surface area contributed by atoms with Crippen LogP contribution in [0, 0.1) is 0 Å². The molecule has 5 nitrogen and oxygen atoms in total. The summed E-state index contributed by atoms with van der Waals surface area (Å²) in [6.07, 6.45) is -0.0519. The molecule has 19 heavy (non-hydrogen) atoms. The molecule has 0 heterocycles. The topological polar surface area (TPSA) is 74.7 Å². The van der Waals surface area contributed by atoms with Crippen LogP contribution in [0.25, 0.3) is 0 Å². The number of benzene rings is 1. The molecule has 0 unspecified atom stereocenters. The number of carbonyl (C=O) groups is 1. The Hall–Kier alpha value is -1.11. The van der Waals surface area contributed by atoms with Gasteiger partial charge in [0.05, 0.1) is 5.75 Å². The molecule has 0 atom stereocenters. The highest BCUT2D eigenvalue weighted by Gasteiger charge is 2.19. The van der Waals surface area contributed by atoms with Gasteiger partial charge in [0.2, 0.25) is 10.0 Å². The number of rotatable bonds is 7. The molecule has 0 fully saturated rings. The number of hydrogen-bond donors (Lipinski definition) is 1. The van der Waals surface area contributed by atoms with Crippen molar-refractivity contribution >= 4 is 27.6 Å². The Morgan fingerprint density at radius 3 is 2.58 bits per heavy atom. The number of aliphatic carboxylic acids is 1. The lowest BCUT2D eigenvalue weighted by molar-refractivity contribution is -0.137. The largest absolute Gasteiger partial charge is 0.481 e. The van der Waals surface area contributed by atoms with Crippen LogP contribution in [0.15, 0.2) is 24.3 Å². The molecule has 7 heteroatoms. The van der Waals surface area contributed by atoms with Crippen LogP contribution in [0.1, 0.15) is 18.4 Å². The third-order valence-electron chi connectivity index (χ3n) is 2.62. The summed E-state index contributed by atoms with van der Waals surface area (Å²) in [6, 6.07) is 7.01. The minimum Gasteiger partial charge on any atom is -0.481 e. The van der Waals surface area contributed by atoms with Crippen molar-refractivity contribution in [2.75, 3.05) is 12.8 Å². The van der Waals surface area contributed by atoms with Gasteiger partial charge in [-0.15, -0.1) is 0 Å². The quantitative estimate of drug-likeness (QED) is 0.835. The Bertz CT molecular complexity index is 544. The van der Waals surface area contributed by atoms with E-state index in [-0.39, 0.29) is 25.1 Å². The van der Waals surface area contributed by atoms with E-state index >= 15 is 0 Å². The Kier molecular flexibility index (Phi) is 5.78. The molecular formula is C12H16ClNO4S. The molecule has 1 N–H and O–H groups in total. The zero-order valence-electron chi connectivity index (χ0n) is 10.5. The molecule has 0 aliphatic carbocycles. The minimum absolute atomic E-state index is 0.102. The van der Waals surface area contributed by atoms with E-state index in [9.17, 15) is 13.2 Å². The highest BCUT2D eigenvalue weighted by atomic mass is 35.5. The summed E-state index contributed by atoms with van der Waals surface area (Å²) in [5.41, 5.74) is 0.716. The van der Waals surface area contributed by atoms with Crippen molar-refractivity contribution in [2.45, 2.75) is 19.4 Å². The van der Waals surface area contributed by atoms with E-state index in [4.69, 9.17) is 16.7 Å². The first-order valence-corrected chi connectivity index (χ1v) is 7.71. The molecule has 1 aromatic carbocycles. The van der Waals surface area contributed by atoms with Crippen LogP contribution in [0.3, 0.4) is 0 Å². The summed E-state index contributed by atoms with van der Waals surface area (Å²) in [7, 11) is -2.00. The van der Waals surface area contributed by atoms with Gasteiger partial charge in [-0.2, -0.15) is 0 Å². The first kappa shape index (κ1) is 15.9. The van der Waals surface area contributed by atoms with Gasteiger partial charge < -0.3 is 5.11 Å². The van der Waals surface area contributed by atoms with E-state index < -0.39 is 16.0 Å². The number of carboxylic acids is 1. The van der Waals surface area contributed by atoms with Crippen molar-refractivity contribution in [1.29, 1.82) is 0 Å². The second kappa shape index (κ2) is 6.88. The zero-order chi connectivity index (χ0) is 14.5. The van der Waals surface area contributed by atoms with Crippen LogP contribution in [-0.4, -0.2) is 36.6 Å². The summed E-state index contributed by atoms with van der Waals surface area (Å²) in [6.45, 7) is 0.176. The minimum atomic E-state index is -3.46. The van der Waals surface area contributed by atoms with E-state index in [1.807, 2.05) is 0 Å². The Morgan fingerprint density at radius 2 is 2.00 bits per heavy atom. The van der Waals surface area contributed by atoms with Gasteiger partial charge in [-0.1, -0.05) is 29.8 Å². The molecule has 0 amide bonds. The maximum absolute atomic E-state index is 11.9. The van der Waals surface area contributed by atoms with Gasteiger partial charge in [0.15, 0.2) is 0 Å². The third kappa shape index (κ3) is 5.18. The first-order valence-electron chi connectivity index (χ1n) is 5.72. The average Bonchev–Trinajstić information content (AvgIpc) is 2.31. The Labute approximate surface area is 117 Å². The van der Waals surface area contributed by atoms with Gasteiger partial charge >= 0.3 is 5.97 Å². The lowest BCUT2D eigenvalue weighted by atomic mass is 10.2. The van der Waals surface area contributed by atoms with Gasteiger partial charge in [-0.05, 0) is 18.1 Å². The van der Waals surface area contributed by atoms with E-state index in [0.717, 1.165) is 0 Å². The molecular weight excluding hydrogens is 290 g/mol. The van der Waals surface area contributed by atoms with Crippen molar-refractivity contribution in [3.05, 3.63) is 34.9 Å². The van der Waals surface area contributed by atoms with Crippen molar-refractivity contribution < 1.29 is 18.3 Å². The molecule has 0 saturated heterocycles. The van der Waals surface area contributed by atoms with Crippen molar-refractivity contribution in [2.24, 2.45) is 0 Å². The SMILES string of the molecule is CN(Cc1ccccc1Cl)S(=O)(=O)CCCC(=O)O. The van der Waals surface area contributed by atoms with Gasteiger partial charge in [-0.25, -0.2) is 12.7 Å². The van der Waals surface area contributed by atoms with E-state index in [2.05, 4.69) is 0 Å². The number of hydrogen-bond acceptors (Lipinski definition) is 3. The summed E-state index contributed by atoms with van der Waals surface area (Å²) in [4.78, 5) is 10.4. The lowest BCUT2D eigenvalue weighted by Crippen LogP contribution is -2.29. The molecule has 0 radical (unpaired) electrons. The number of nitrogens with zero attached hydrogens (tertiary/aromatic N) is 1. The Balaban J connectivity index is 2.64. The zero-order valence-corrected chi connectivity index (χ0v) is 12.1. The van der Waals surface area contributed by atoms with Crippen LogP contribution in [-0.2, 0) is 21.4 Å². The molecule has 0 aliphatic rings. The summed E-state index contributed by atoms with van der Waals surface area (Å²) < 4.78 is 25.0. The normalized spacial score (nSPS) is 11.7. The summed E-state index contributed by atoms with van der Waals surface area (Å²) in [5.74, 6) is -1.18. The fraction of sp³-hybridized carbons (Fsp3) is 0.417. The molecule has 0 aliphatic heterocycles. The second-order valence-electron chi connectivity index (χ2n) is 4.16. The fourth-order valence-corrected chi connectivity index (χ4v) is 2.88. The predicted octanol–water partition coefficient (Wildman–Crippen LogP) is 1.97. The number of carboxylic acid groups (broad SMARTS) is 1. The number of halogens is 1. The second-order valence-corrected chi connectivity index (χ2v) is 6.76. The standard InChI is InChI=1S/C12H16ClNO4S/c1-14(9-10-5-2-3-6-11(10)13)19(17,18)8-4-7-12(15)16/h2-3,5-6H,4,7-9H2,1H3,(H,15,16). The van der Waals surface area contributed by atoms with Crippen molar-refractivity contribution in [3.63, 3.8) is 0 Å². The molecule has 0 bridgehead atoms. The first-order chi connectivity index (χ1) is 8.83. The Morgan fingerprint density at radius 1 is 1.37 bits per heavy atom. The van der Waals surface area contributed by atoms with Gasteiger partial charge in [0.1, 0.15) is 0 Å². The highest BCUT2D eigenvalue weighted by Crippen LogP contribution is 2.18.